The first-order valence-electron chi connectivity index (χ1n) is 11.4. The standard InChI is InChI=1S/2C11H14F8/c2*1-4-6-5-7(2,11(17,18)19)10(15,16)9(6,14)8(3,12)13/h2*6H,4-5H2,1-3H3. The average Bonchev–Trinajstić information content (AvgIpc) is 2.98. The molecular weight excluding hydrogens is 568 g/mol. The van der Waals surface area contributed by atoms with Crippen LogP contribution in [0.5, 0.6) is 0 Å². The molecule has 0 aliphatic heterocycles. The Hall–Kier alpha value is -1.12. The second kappa shape index (κ2) is 9.20. The maximum Gasteiger partial charge on any atom is 0.400 e. The highest BCUT2D eigenvalue weighted by atomic mass is 19.4. The first-order valence-corrected chi connectivity index (χ1v) is 11.4. The smallest absolute Gasteiger partial charge is 0.230 e. The zero-order chi connectivity index (χ0) is 31.0. The minimum absolute atomic E-state index is 0.0999. The third-order valence-electron chi connectivity index (χ3n) is 8.25. The zero-order valence-corrected chi connectivity index (χ0v) is 21.0. The van der Waals surface area contributed by atoms with E-state index in [0.717, 1.165) is 13.8 Å². The van der Waals surface area contributed by atoms with Gasteiger partial charge in [0.1, 0.15) is 10.8 Å². The van der Waals surface area contributed by atoms with Crippen LogP contribution in [0.15, 0.2) is 0 Å². The van der Waals surface area contributed by atoms with E-state index in [1.807, 2.05) is 0 Å². The highest BCUT2D eigenvalue weighted by molar-refractivity contribution is 5.21. The first-order chi connectivity index (χ1) is 16.3. The van der Waals surface area contributed by atoms with Crippen LogP contribution in [0.3, 0.4) is 0 Å². The SMILES string of the molecule is CCC1CC(C)(C(F)(F)F)C(F)(F)C1(F)C(C)(F)F.CCC1CC(C)(C(F)(F)F)C(F)(F)C1(F)C(C)(F)F. The summed E-state index contributed by atoms with van der Waals surface area (Å²) in [6.07, 6.45) is -14.7. The molecule has 0 aromatic heterocycles. The Kier molecular flexibility index (Phi) is 8.45. The quantitative estimate of drug-likeness (QED) is 0.284. The Balaban J connectivity index is 0.000000380. The van der Waals surface area contributed by atoms with Gasteiger partial charge < -0.3 is 0 Å². The number of alkyl halides is 16. The fraction of sp³-hybridized carbons (Fsp3) is 1.00. The van der Waals surface area contributed by atoms with Gasteiger partial charge in [0.05, 0.1) is 0 Å². The molecule has 228 valence electrons. The zero-order valence-electron chi connectivity index (χ0n) is 21.0. The minimum atomic E-state index is -5.47. The van der Waals surface area contributed by atoms with Gasteiger partial charge in [-0.2, -0.15) is 26.3 Å². The Bertz CT molecular complexity index is 779. The van der Waals surface area contributed by atoms with Gasteiger partial charge in [0.2, 0.25) is 11.3 Å². The summed E-state index contributed by atoms with van der Waals surface area (Å²) in [5.41, 5.74) is -16.6. The molecule has 0 aromatic carbocycles. The van der Waals surface area contributed by atoms with Crippen LogP contribution in [0.25, 0.3) is 0 Å². The molecular formula is C22H28F16. The third-order valence-corrected chi connectivity index (χ3v) is 8.25. The fourth-order valence-corrected chi connectivity index (χ4v) is 5.55. The minimum Gasteiger partial charge on any atom is -0.230 e. The van der Waals surface area contributed by atoms with Crippen LogP contribution in [-0.4, -0.2) is 47.4 Å². The number of rotatable bonds is 4. The molecule has 6 atom stereocenters. The van der Waals surface area contributed by atoms with E-state index in [4.69, 9.17) is 0 Å². The molecule has 2 aliphatic carbocycles. The van der Waals surface area contributed by atoms with Crippen molar-refractivity contribution >= 4 is 0 Å². The molecule has 0 N–H and O–H groups in total. The summed E-state index contributed by atoms with van der Waals surface area (Å²) in [5.74, 6) is -23.7. The summed E-state index contributed by atoms with van der Waals surface area (Å²) < 4.78 is 214. The van der Waals surface area contributed by atoms with Gasteiger partial charge in [-0.15, -0.1) is 0 Å². The number of halogens is 16. The molecule has 0 amide bonds. The van der Waals surface area contributed by atoms with Crippen molar-refractivity contribution in [2.75, 3.05) is 0 Å². The van der Waals surface area contributed by atoms with E-state index in [9.17, 15) is 70.2 Å². The Morgan fingerprint density at radius 2 is 0.737 bits per heavy atom. The van der Waals surface area contributed by atoms with Crippen molar-refractivity contribution in [2.45, 2.75) is 115 Å². The molecule has 0 nitrogen and oxygen atoms in total. The predicted octanol–water partition coefficient (Wildman–Crippen LogP) is 9.97. The van der Waals surface area contributed by atoms with E-state index >= 15 is 0 Å². The Labute approximate surface area is 208 Å². The van der Waals surface area contributed by atoms with E-state index in [1.54, 1.807) is 0 Å². The second-order valence-corrected chi connectivity index (χ2v) is 10.6. The summed E-state index contributed by atoms with van der Waals surface area (Å²) in [6.45, 7) is 2.22. The Morgan fingerprint density at radius 1 is 0.526 bits per heavy atom. The van der Waals surface area contributed by atoms with Crippen LogP contribution >= 0.6 is 0 Å². The van der Waals surface area contributed by atoms with Crippen molar-refractivity contribution < 1.29 is 70.2 Å². The third kappa shape index (κ3) is 4.27. The number of hydrogen-bond donors (Lipinski definition) is 0. The van der Waals surface area contributed by atoms with Crippen molar-refractivity contribution in [3.05, 3.63) is 0 Å². The molecule has 38 heavy (non-hydrogen) atoms. The monoisotopic (exact) mass is 596 g/mol. The summed E-state index contributed by atoms with van der Waals surface area (Å²) >= 11 is 0. The summed E-state index contributed by atoms with van der Waals surface area (Å²) in [6, 6.07) is 0. The first kappa shape index (κ1) is 34.9. The van der Waals surface area contributed by atoms with Gasteiger partial charge in [-0.3, -0.25) is 0 Å². The summed E-state index contributed by atoms with van der Waals surface area (Å²) in [4.78, 5) is 0. The Morgan fingerprint density at radius 3 is 0.842 bits per heavy atom. The lowest BCUT2D eigenvalue weighted by atomic mass is 9.79. The van der Waals surface area contributed by atoms with E-state index < -0.39 is 95.7 Å². The van der Waals surface area contributed by atoms with Crippen molar-refractivity contribution in [1.82, 2.24) is 0 Å². The van der Waals surface area contributed by atoms with E-state index in [1.165, 1.54) is 0 Å². The van der Waals surface area contributed by atoms with Gasteiger partial charge in [-0.25, -0.2) is 43.9 Å². The molecule has 0 aromatic rings. The second-order valence-electron chi connectivity index (χ2n) is 10.6. The highest BCUT2D eigenvalue weighted by Gasteiger charge is 2.87. The summed E-state index contributed by atoms with van der Waals surface area (Å²) in [7, 11) is 0. The normalized spacial score (nSPS) is 39.6. The van der Waals surface area contributed by atoms with Crippen LogP contribution < -0.4 is 0 Å². The van der Waals surface area contributed by atoms with Crippen molar-refractivity contribution in [3.8, 4) is 0 Å². The highest BCUT2D eigenvalue weighted by Crippen LogP contribution is 2.71. The van der Waals surface area contributed by atoms with Crippen LogP contribution in [0.2, 0.25) is 0 Å². The lowest BCUT2D eigenvalue weighted by Gasteiger charge is -2.40. The largest absolute Gasteiger partial charge is 0.400 e. The van der Waals surface area contributed by atoms with E-state index in [0.29, 0.717) is 0 Å². The van der Waals surface area contributed by atoms with Crippen LogP contribution in [0.4, 0.5) is 70.2 Å². The lowest BCUT2D eigenvalue weighted by Crippen LogP contribution is -2.62. The van der Waals surface area contributed by atoms with Gasteiger partial charge in [-0.1, -0.05) is 13.8 Å². The van der Waals surface area contributed by atoms with Gasteiger partial charge in [0.15, 0.2) is 0 Å². The topological polar surface area (TPSA) is 0 Å². The molecule has 2 saturated carbocycles. The maximum atomic E-state index is 14.3. The lowest BCUT2D eigenvalue weighted by molar-refractivity contribution is -0.326. The molecule has 0 spiro atoms. The van der Waals surface area contributed by atoms with E-state index in [-0.39, 0.29) is 27.7 Å². The van der Waals surface area contributed by atoms with Crippen LogP contribution in [0, 0.1) is 22.7 Å². The van der Waals surface area contributed by atoms with Crippen molar-refractivity contribution in [3.63, 3.8) is 0 Å². The van der Waals surface area contributed by atoms with E-state index in [2.05, 4.69) is 0 Å². The van der Waals surface area contributed by atoms with Gasteiger partial charge in [0.25, 0.3) is 11.8 Å². The molecule has 2 fully saturated rings. The number of hydrogen-bond acceptors (Lipinski definition) is 0. The predicted molar refractivity (Wildman–Crippen MR) is 104 cm³/mol. The molecule has 6 unspecified atom stereocenters. The molecule has 16 heteroatoms. The molecule has 0 heterocycles. The summed E-state index contributed by atoms with van der Waals surface area (Å²) in [5, 5.41) is 0. The van der Waals surface area contributed by atoms with Gasteiger partial charge in [-0.05, 0) is 39.5 Å². The molecule has 0 saturated heterocycles. The molecule has 0 radical (unpaired) electrons. The average molecular weight is 596 g/mol. The fourth-order valence-electron chi connectivity index (χ4n) is 5.55. The van der Waals surface area contributed by atoms with Crippen LogP contribution in [0.1, 0.15) is 67.2 Å². The van der Waals surface area contributed by atoms with Gasteiger partial charge in [0, 0.05) is 25.7 Å². The molecule has 0 bridgehead atoms. The van der Waals surface area contributed by atoms with Gasteiger partial charge >= 0.3 is 24.2 Å². The van der Waals surface area contributed by atoms with Crippen molar-refractivity contribution in [1.29, 1.82) is 0 Å². The maximum absolute atomic E-state index is 14.3. The van der Waals surface area contributed by atoms with Crippen LogP contribution in [-0.2, 0) is 0 Å². The molecule has 2 rings (SSSR count). The van der Waals surface area contributed by atoms with Crippen molar-refractivity contribution in [2.24, 2.45) is 22.7 Å². The molecule has 2 aliphatic rings.